The molecule has 88 valence electrons. The molecular weight excluding hydrogens is 212 g/mol. The van der Waals surface area contributed by atoms with Gasteiger partial charge >= 0.3 is 0 Å². The summed E-state index contributed by atoms with van der Waals surface area (Å²) in [7, 11) is 0. The van der Waals surface area contributed by atoms with Gasteiger partial charge in [-0.25, -0.2) is 0 Å². The Kier molecular flexibility index (Phi) is 6.61. The van der Waals surface area contributed by atoms with Gasteiger partial charge in [0.15, 0.2) is 0 Å². The van der Waals surface area contributed by atoms with Crippen molar-refractivity contribution in [3.63, 3.8) is 0 Å². The Morgan fingerprint density at radius 2 is 2.20 bits per heavy atom. The fourth-order valence-electron chi connectivity index (χ4n) is 1.51. The predicted octanol–water partition coefficient (Wildman–Crippen LogP) is 1.62. The summed E-state index contributed by atoms with van der Waals surface area (Å²) < 4.78 is 0. The van der Waals surface area contributed by atoms with Crippen molar-refractivity contribution in [3.8, 4) is 0 Å². The zero-order valence-electron chi connectivity index (χ0n) is 9.40. The number of halogens is 1. The number of nitrogens with two attached hydrogens (primary N) is 1. The Morgan fingerprint density at radius 3 is 2.67 bits per heavy atom. The highest BCUT2D eigenvalue weighted by molar-refractivity contribution is 5.85. The summed E-state index contributed by atoms with van der Waals surface area (Å²) in [6, 6.07) is -0.189. The van der Waals surface area contributed by atoms with Gasteiger partial charge in [-0.1, -0.05) is 26.0 Å². The molecule has 0 bridgehead atoms. The standard InChI is InChI=1S/C11H20N2O.ClH/c1-8(2)10(12)11(14)13-9-6-4-3-5-7-9;/h4,6,8-10H,3,5,7,12H2,1-2H3,(H,13,14);1H/t9?,10-;/m0./s1. The highest BCUT2D eigenvalue weighted by atomic mass is 35.5. The minimum absolute atomic E-state index is 0. The number of carbonyl (C=O) groups excluding carboxylic acids is 1. The first-order chi connectivity index (χ1) is 6.61. The second-order valence-electron chi connectivity index (χ2n) is 4.24. The molecule has 3 nitrogen and oxygen atoms in total. The minimum Gasteiger partial charge on any atom is -0.349 e. The van der Waals surface area contributed by atoms with E-state index in [0.29, 0.717) is 0 Å². The van der Waals surface area contributed by atoms with Crippen molar-refractivity contribution in [2.24, 2.45) is 11.7 Å². The van der Waals surface area contributed by atoms with Crippen LogP contribution in [0.25, 0.3) is 0 Å². The number of nitrogens with one attached hydrogen (secondary N) is 1. The third-order valence-corrected chi connectivity index (χ3v) is 2.60. The molecule has 0 aliphatic heterocycles. The largest absolute Gasteiger partial charge is 0.349 e. The number of hydrogen-bond acceptors (Lipinski definition) is 2. The summed E-state index contributed by atoms with van der Waals surface area (Å²) in [5.41, 5.74) is 5.74. The van der Waals surface area contributed by atoms with E-state index < -0.39 is 0 Å². The molecule has 0 spiro atoms. The van der Waals surface area contributed by atoms with E-state index in [1.54, 1.807) is 0 Å². The van der Waals surface area contributed by atoms with Crippen LogP contribution >= 0.6 is 12.4 Å². The first kappa shape index (κ1) is 14.5. The summed E-state index contributed by atoms with van der Waals surface area (Å²) in [6.45, 7) is 3.92. The lowest BCUT2D eigenvalue weighted by atomic mass is 10.0. The Bertz CT molecular complexity index is 229. The van der Waals surface area contributed by atoms with E-state index in [4.69, 9.17) is 5.73 Å². The molecule has 1 aliphatic rings. The van der Waals surface area contributed by atoms with Crippen molar-refractivity contribution in [3.05, 3.63) is 12.2 Å². The van der Waals surface area contributed by atoms with Crippen LogP contribution < -0.4 is 11.1 Å². The van der Waals surface area contributed by atoms with Gasteiger partial charge in [-0.3, -0.25) is 4.79 Å². The lowest BCUT2D eigenvalue weighted by Gasteiger charge is -2.21. The molecule has 0 saturated carbocycles. The van der Waals surface area contributed by atoms with Crippen LogP contribution in [0.3, 0.4) is 0 Å². The molecule has 3 N–H and O–H groups in total. The molecular formula is C11H21ClN2O. The number of hydrogen-bond donors (Lipinski definition) is 2. The molecule has 1 unspecified atom stereocenters. The van der Waals surface area contributed by atoms with Crippen LogP contribution in [0.15, 0.2) is 12.2 Å². The van der Waals surface area contributed by atoms with Crippen LogP contribution in [0.1, 0.15) is 33.1 Å². The van der Waals surface area contributed by atoms with Crippen LogP contribution in [-0.2, 0) is 4.79 Å². The van der Waals surface area contributed by atoms with Gasteiger partial charge in [-0.05, 0) is 25.2 Å². The average molecular weight is 233 g/mol. The van der Waals surface area contributed by atoms with E-state index in [9.17, 15) is 4.79 Å². The van der Waals surface area contributed by atoms with Crippen LogP contribution in [-0.4, -0.2) is 18.0 Å². The number of allylic oxidation sites excluding steroid dienone is 1. The first-order valence-corrected chi connectivity index (χ1v) is 5.34. The van der Waals surface area contributed by atoms with Gasteiger partial charge in [0.1, 0.15) is 0 Å². The maximum absolute atomic E-state index is 11.6. The predicted molar refractivity (Wildman–Crippen MR) is 65.0 cm³/mol. The Labute approximate surface area is 97.9 Å². The van der Waals surface area contributed by atoms with Gasteiger partial charge in [-0.2, -0.15) is 0 Å². The fourth-order valence-corrected chi connectivity index (χ4v) is 1.51. The van der Waals surface area contributed by atoms with E-state index in [0.717, 1.165) is 19.3 Å². The smallest absolute Gasteiger partial charge is 0.237 e. The quantitative estimate of drug-likeness (QED) is 0.727. The summed E-state index contributed by atoms with van der Waals surface area (Å²) >= 11 is 0. The van der Waals surface area contributed by atoms with Gasteiger partial charge in [0.05, 0.1) is 6.04 Å². The topological polar surface area (TPSA) is 55.1 Å². The van der Waals surface area contributed by atoms with Gasteiger partial charge in [-0.15, -0.1) is 12.4 Å². The molecule has 1 amide bonds. The molecule has 0 aromatic heterocycles. The summed E-state index contributed by atoms with van der Waals surface area (Å²) in [4.78, 5) is 11.6. The minimum atomic E-state index is -0.384. The van der Waals surface area contributed by atoms with Crippen LogP contribution in [0.4, 0.5) is 0 Å². The molecule has 0 aromatic rings. The number of amides is 1. The number of rotatable bonds is 3. The highest BCUT2D eigenvalue weighted by Crippen LogP contribution is 2.10. The van der Waals surface area contributed by atoms with Crippen molar-refractivity contribution in [2.75, 3.05) is 0 Å². The van der Waals surface area contributed by atoms with Gasteiger partial charge in [0.25, 0.3) is 0 Å². The van der Waals surface area contributed by atoms with Crippen molar-refractivity contribution >= 4 is 18.3 Å². The first-order valence-electron chi connectivity index (χ1n) is 5.34. The van der Waals surface area contributed by atoms with Crippen molar-refractivity contribution in [1.29, 1.82) is 0 Å². The van der Waals surface area contributed by atoms with Crippen molar-refractivity contribution < 1.29 is 4.79 Å². The SMILES string of the molecule is CC(C)[C@H](N)C(=O)NC1C=CCCC1.Cl. The third kappa shape index (κ3) is 4.67. The molecule has 0 saturated heterocycles. The maximum atomic E-state index is 11.6. The third-order valence-electron chi connectivity index (χ3n) is 2.60. The maximum Gasteiger partial charge on any atom is 0.237 e. The average Bonchev–Trinajstić information content (AvgIpc) is 2.18. The van der Waals surface area contributed by atoms with Gasteiger partial charge in [0.2, 0.25) is 5.91 Å². The molecule has 1 aliphatic carbocycles. The van der Waals surface area contributed by atoms with E-state index in [1.165, 1.54) is 0 Å². The van der Waals surface area contributed by atoms with Crippen molar-refractivity contribution in [2.45, 2.75) is 45.2 Å². The molecule has 0 radical (unpaired) electrons. The second kappa shape index (κ2) is 6.85. The number of carbonyl (C=O) groups is 1. The van der Waals surface area contributed by atoms with Crippen LogP contribution in [0.5, 0.6) is 0 Å². The molecule has 0 heterocycles. The zero-order chi connectivity index (χ0) is 10.6. The lowest BCUT2D eigenvalue weighted by Crippen LogP contribution is -2.47. The molecule has 0 aromatic carbocycles. The second-order valence-corrected chi connectivity index (χ2v) is 4.24. The van der Waals surface area contributed by atoms with Crippen LogP contribution in [0, 0.1) is 5.92 Å². The molecule has 2 atom stereocenters. The Balaban J connectivity index is 0.00000196. The zero-order valence-corrected chi connectivity index (χ0v) is 10.2. The molecule has 4 heteroatoms. The van der Waals surface area contributed by atoms with E-state index in [-0.39, 0.29) is 36.3 Å². The van der Waals surface area contributed by atoms with E-state index in [1.807, 2.05) is 13.8 Å². The lowest BCUT2D eigenvalue weighted by molar-refractivity contribution is -0.123. The van der Waals surface area contributed by atoms with Crippen molar-refractivity contribution in [1.82, 2.24) is 5.32 Å². The highest BCUT2D eigenvalue weighted by Gasteiger charge is 2.19. The normalized spacial score (nSPS) is 22.0. The van der Waals surface area contributed by atoms with E-state index >= 15 is 0 Å². The Hall–Kier alpha value is -0.540. The summed E-state index contributed by atoms with van der Waals surface area (Å²) in [5.74, 6) is 0.166. The Morgan fingerprint density at radius 1 is 1.53 bits per heavy atom. The summed E-state index contributed by atoms with van der Waals surface area (Å²) in [5, 5.41) is 2.95. The summed E-state index contributed by atoms with van der Waals surface area (Å²) in [6.07, 6.45) is 7.50. The van der Waals surface area contributed by atoms with E-state index in [2.05, 4.69) is 17.5 Å². The fraction of sp³-hybridized carbons (Fsp3) is 0.727. The molecule has 1 rings (SSSR count). The van der Waals surface area contributed by atoms with Gasteiger partial charge in [0, 0.05) is 6.04 Å². The van der Waals surface area contributed by atoms with Gasteiger partial charge < -0.3 is 11.1 Å². The van der Waals surface area contributed by atoms with Crippen LogP contribution in [0.2, 0.25) is 0 Å². The molecule has 0 fully saturated rings. The molecule has 15 heavy (non-hydrogen) atoms. The monoisotopic (exact) mass is 232 g/mol.